The highest BCUT2D eigenvalue weighted by atomic mass is 79.9. The summed E-state index contributed by atoms with van der Waals surface area (Å²) in [5.74, 6) is 0.0840. The Balaban J connectivity index is 1.65. The molecular weight excluding hydrogens is 280 g/mol. The van der Waals surface area contributed by atoms with E-state index in [1.807, 2.05) is 24.3 Å². The molecule has 2 rings (SSSR count). The van der Waals surface area contributed by atoms with Gasteiger partial charge in [-0.2, -0.15) is 0 Å². The maximum absolute atomic E-state index is 11.6. The van der Waals surface area contributed by atoms with Gasteiger partial charge in [-0.1, -0.05) is 28.1 Å². The lowest BCUT2D eigenvalue weighted by Gasteiger charge is -2.06. The molecule has 0 spiro atoms. The second-order valence-corrected chi connectivity index (χ2v) is 5.30. The maximum atomic E-state index is 11.6. The fourth-order valence-corrected chi connectivity index (χ4v) is 2.11. The predicted molar refractivity (Wildman–Crippen MR) is 71.9 cm³/mol. The minimum absolute atomic E-state index is 0.0840. The SMILES string of the molecule is O=C(Cc1cccc(Br)c1)NCCNC1CC1. The first-order valence-corrected chi connectivity index (χ1v) is 6.78. The summed E-state index contributed by atoms with van der Waals surface area (Å²) < 4.78 is 1.01. The summed E-state index contributed by atoms with van der Waals surface area (Å²) >= 11 is 3.40. The van der Waals surface area contributed by atoms with Crippen LogP contribution in [0.3, 0.4) is 0 Å². The molecule has 1 aliphatic rings. The number of nitrogens with one attached hydrogen (secondary N) is 2. The van der Waals surface area contributed by atoms with Gasteiger partial charge in [0.25, 0.3) is 0 Å². The largest absolute Gasteiger partial charge is 0.355 e. The van der Waals surface area contributed by atoms with Gasteiger partial charge in [0.1, 0.15) is 0 Å². The summed E-state index contributed by atoms with van der Waals surface area (Å²) in [5.41, 5.74) is 1.03. The van der Waals surface area contributed by atoms with Crippen molar-refractivity contribution in [1.29, 1.82) is 0 Å². The van der Waals surface area contributed by atoms with Crippen LogP contribution in [0.1, 0.15) is 18.4 Å². The molecule has 4 heteroatoms. The van der Waals surface area contributed by atoms with Crippen molar-refractivity contribution >= 4 is 21.8 Å². The van der Waals surface area contributed by atoms with Gasteiger partial charge in [0.15, 0.2) is 0 Å². The zero-order valence-electron chi connectivity index (χ0n) is 9.71. The number of halogens is 1. The van der Waals surface area contributed by atoms with E-state index in [0.717, 1.165) is 16.6 Å². The molecule has 1 aromatic rings. The van der Waals surface area contributed by atoms with Crippen molar-refractivity contribution in [2.45, 2.75) is 25.3 Å². The minimum atomic E-state index is 0.0840. The van der Waals surface area contributed by atoms with E-state index in [-0.39, 0.29) is 5.91 Å². The molecule has 3 nitrogen and oxygen atoms in total. The van der Waals surface area contributed by atoms with Crippen LogP contribution in [-0.4, -0.2) is 25.0 Å². The molecule has 1 fully saturated rings. The van der Waals surface area contributed by atoms with Gasteiger partial charge in [0, 0.05) is 23.6 Å². The number of amides is 1. The predicted octanol–water partition coefficient (Wildman–Crippen LogP) is 1.86. The van der Waals surface area contributed by atoms with Crippen LogP contribution in [0.4, 0.5) is 0 Å². The van der Waals surface area contributed by atoms with Gasteiger partial charge >= 0.3 is 0 Å². The molecule has 17 heavy (non-hydrogen) atoms. The fourth-order valence-electron chi connectivity index (χ4n) is 1.66. The average molecular weight is 297 g/mol. The Morgan fingerprint density at radius 3 is 2.88 bits per heavy atom. The van der Waals surface area contributed by atoms with Crippen molar-refractivity contribution < 1.29 is 4.79 Å². The standard InChI is InChI=1S/C13H17BrN2O/c14-11-3-1-2-10(8-11)9-13(17)16-7-6-15-12-4-5-12/h1-3,8,12,15H,4-7,9H2,(H,16,17). The Kier molecular flexibility index (Phi) is 4.57. The van der Waals surface area contributed by atoms with Crippen LogP contribution in [0.15, 0.2) is 28.7 Å². The lowest BCUT2D eigenvalue weighted by Crippen LogP contribution is -2.33. The summed E-state index contributed by atoms with van der Waals surface area (Å²) in [5, 5.41) is 6.28. The van der Waals surface area contributed by atoms with Crippen molar-refractivity contribution in [3.05, 3.63) is 34.3 Å². The average Bonchev–Trinajstić information content (AvgIpc) is 3.08. The molecule has 2 N–H and O–H groups in total. The molecule has 1 saturated carbocycles. The molecule has 0 bridgehead atoms. The van der Waals surface area contributed by atoms with Gasteiger partial charge in [-0.15, -0.1) is 0 Å². The third-order valence-corrected chi connectivity index (χ3v) is 3.20. The fraction of sp³-hybridized carbons (Fsp3) is 0.462. The first kappa shape index (κ1) is 12.6. The highest BCUT2D eigenvalue weighted by molar-refractivity contribution is 9.10. The second-order valence-electron chi connectivity index (χ2n) is 4.39. The van der Waals surface area contributed by atoms with E-state index < -0.39 is 0 Å². The lowest BCUT2D eigenvalue weighted by molar-refractivity contribution is -0.120. The van der Waals surface area contributed by atoms with Crippen molar-refractivity contribution in [2.75, 3.05) is 13.1 Å². The van der Waals surface area contributed by atoms with Crippen molar-refractivity contribution in [3.8, 4) is 0 Å². The number of carbonyl (C=O) groups excluding carboxylic acids is 1. The summed E-state index contributed by atoms with van der Waals surface area (Å²) in [4.78, 5) is 11.6. The Hall–Kier alpha value is -0.870. The van der Waals surface area contributed by atoms with Crippen LogP contribution in [-0.2, 0) is 11.2 Å². The molecule has 0 atom stereocenters. The Morgan fingerprint density at radius 1 is 1.35 bits per heavy atom. The van der Waals surface area contributed by atoms with Gasteiger partial charge in [-0.05, 0) is 30.5 Å². The first-order valence-electron chi connectivity index (χ1n) is 5.98. The second kappa shape index (κ2) is 6.17. The highest BCUT2D eigenvalue weighted by Crippen LogP contribution is 2.17. The number of carbonyl (C=O) groups is 1. The van der Waals surface area contributed by atoms with Crippen molar-refractivity contribution in [1.82, 2.24) is 10.6 Å². The van der Waals surface area contributed by atoms with Crippen LogP contribution >= 0.6 is 15.9 Å². The molecule has 0 aliphatic heterocycles. The normalized spacial score (nSPS) is 14.6. The summed E-state index contributed by atoms with van der Waals surface area (Å²) in [6, 6.07) is 8.55. The molecular formula is C13H17BrN2O. The number of benzene rings is 1. The van der Waals surface area contributed by atoms with Crippen LogP contribution in [0, 0.1) is 0 Å². The van der Waals surface area contributed by atoms with E-state index in [4.69, 9.17) is 0 Å². The van der Waals surface area contributed by atoms with Crippen molar-refractivity contribution in [2.24, 2.45) is 0 Å². The monoisotopic (exact) mass is 296 g/mol. The van der Waals surface area contributed by atoms with E-state index in [0.29, 0.717) is 19.0 Å². The van der Waals surface area contributed by atoms with Gasteiger partial charge in [0.05, 0.1) is 6.42 Å². The van der Waals surface area contributed by atoms with E-state index in [1.54, 1.807) is 0 Å². The molecule has 0 heterocycles. The summed E-state index contributed by atoms with van der Waals surface area (Å²) in [7, 11) is 0. The topological polar surface area (TPSA) is 41.1 Å². The number of rotatable bonds is 6. The van der Waals surface area contributed by atoms with Gasteiger partial charge < -0.3 is 10.6 Å². The zero-order valence-corrected chi connectivity index (χ0v) is 11.3. The summed E-state index contributed by atoms with van der Waals surface area (Å²) in [6.45, 7) is 1.58. The molecule has 0 unspecified atom stereocenters. The van der Waals surface area contributed by atoms with E-state index in [9.17, 15) is 4.79 Å². The Labute approximate surface area is 110 Å². The summed E-state index contributed by atoms with van der Waals surface area (Å²) in [6.07, 6.45) is 3.01. The third-order valence-electron chi connectivity index (χ3n) is 2.71. The van der Waals surface area contributed by atoms with E-state index in [2.05, 4.69) is 26.6 Å². The van der Waals surface area contributed by atoms with Gasteiger partial charge in [0.2, 0.25) is 5.91 Å². The van der Waals surface area contributed by atoms with Crippen LogP contribution in [0.5, 0.6) is 0 Å². The molecule has 1 aliphatic carbocycles. The third kappa shape index (κ3) is 4.88. The zero-order chi connectivity index (χ0) is 12.1. The molecule has 0 saturated heterocycles. The molecule has 92 valence electrons. The highest BCUT2D eigenvalue weighted by Gasteiger charge is 2.19. The van der Waals surface area contributed by atoms with E-state index in [1.165, 1.54) is 12.8 Å². The Bertz CT molecular complexity index is 391. The number of hydrogen-bond donors (Lipinski definition) is 2. The van der Waals surface area contributed by atoms with Gasteiger partial charge in [-0.25, -0.2) is 0 Å². The molecule has 1 aromatic carbocycles. The number of hydrogen-bond acceptors (Lipinski definition) is 2. The smallest absolute Gasteiger partial charge is 0.224 e. The van der Waals surface area contributed by atoms with Crippen LogP contribution in [0.2, 0.25) is 0 Å². The maximum Gasteiger partial charge on any atom is 0.224 e. The first-order chi connectivity index (χ1) is 8.24. The molecule has 1 amide bonds. The quantitative estimate of drug-likeness (QED) is 0.787. The van der Waals surface area contributed by atoms with E-state index >= 15 is 0 Å². The Morgan fingerprint density at radius 2 is 2.18 bits per heavy atom. The van der Waals surface area contributed by atoms with Crippen LogP contribution < -0.4 is 10.6 Å². The van der Waals surface area contributed by atoms with Gasteiger partial charge in [-0.3, -0.25) is 4.79 Å². The minimum Gasteiger partial charge on any atom is -0.355 e. The lowest BCUT2D eigenvalue weighted by atomic mass is 10.1. The van der Waals surface area contributed by atoms with Crippen molar-refractivity contribution in [3.63, 3.8) is 0 Å². The molecule has 0 radical (unpaired) electrons. The van der Waals surface area contributed by atoms with Crippen LogP contribution in [0.25, 0.3) is 0 Å². The molecule has 0 aromatic heterocycles.